The second-order valence-electron chi connectivity index (χ2n) is 4.16. The highest BCUT2D eigenvalue weighted by Gasteiger charge is 2.20. The molecule has 2 aromatic heterocycles. The molecule has 1 aliphatic heterocycles. The maximum atomic E-state index is 6.09. The number of hydrogen-bond acceptors (Lipinski definition) is 3. The van der Waals surface area contributed by atoms with Crippen molar-refractivity contribution in [1.82, 2.24) is 24.3 Å². The molecule has 0 saturated carbocycles. The van der Waals surface area contributed by atoms with Crippen LogP contribution in [0.3, 0.4) is 0 Å². The molecule has 5 nitrogen and oxygen atoms in total. The zero-order valence-corrected chi connectivity index (χ0v) is 10.0. The minimum atomic E-state index is 0.654. The Morgan fingerprint density at radius 1 is 1.28 bits per heavy atom. The maximum absolute atomic E-state index is 6.09. The van der Waals surface area contributed by atoms with Crippen LogP contribution in [-0.2, 0) is 6.54 Å². The lowest BCUT2D eigenvalue weighted by molar-refractivity contribution is 0.677. The summed E-state index contributed by atoms with van der Waals surface area (Å²) in [6.45, 7) is 0.654. The molecule has 3 heterocycles. The zero-order valence-electron chi connectivity index (χ0n) is 9.29. The van der Waals surface area contributed by atoms with Crippen molar-refractivity contribution in [3.8, 4) is 17.1 Å². The second kappa shape index (κ2) is 3.43. The summed E-state index contributed by atoms with van der Waals surface area (Å²) in [5, 5.41) is 4.94. The van der Waals surface area contributed by atoms with E-state index in [1.165, 1.54) is 0 Å². The van der Waals surface area contributed by atoms with Crippen molar-refractivity contribution in [1.29, 1.82) is 0 Å². The van der Waals surface area contributed by atoms with Gasteiger partial charge in [0.05, 0.1) is 30.5 Å². The van der Waals surface area contributed by atoms with E-state index in [0.717, 1.165) is 22.8 Å². The van der Waals surface area contributed by atoms with Crippen LogP contribution in [0.1, 0.15) is 5.69 Å². The van der Waals surface area contributed by atoms with Crippen molar-refractivity contribution in [2.45, 2.75) is 6.54 Å². The molecule has 0 atom stereocenters. The molecular weight excluding hydrogens is 250 g/mol. The van der Waals surface area contributed by atoms with Crippen LogP contribution in [0.15, 0.2) is 37.1 Å². The molecular formula is C12H8ClN5. The van der Waals surface area contributed by atoms with Crippen molar-refractivity contribution in [3.63, 3.8) is 0 Å². The summed E-state index contributed by atoms with van der Waals surface area (Å²) < 4.78 is 3.89. The molecule has 0 amide bonds. The van der Waals surface area contributed by atoms with E-state index in [1.54, 1.807) is 12.7 Å². The van der Waals surface area contributed by atoms with E-state index in [-0.39, 0.29) is 0 Å². The van der Waals surface area contributed by atoms with Crippen LogP contribution in [0.2, 0.25) is 5.02 Å². The summed E-state index contributed by atoms with van der Waals surface area (Å²) in [7, 11) is 0. The van der Waals surface area contributed by atoms with E-state index in [0.29, 0.717) is 11.6 Å². The topological polar surface area (TPSA) is 48.5 Å². The molecule has 1 aliphatic rings. The zero-order chi connectivity index (χ0) is 12.1. The standard InChI is InChI=1S/C12H8ClN5/c13-8-1-2-10-11(3-8)17-7-14-4-9(17)5-18-12(10)15-6-16-18/h1-4,6-7H,5H2. The third-order valence-electron chi connectivity index (χ3n) is 3.10. The van der Waals surface area contributed by atoms with Gasteiger partial charge in [0.15, 0.2) is 5.82 Å². The smallest absolute Gasteiger partial charge is 0.160 e. The Kier molecular flexibility index (Phi) is 1.87. The Labute approximate surface area is 108 Å². The molecule has 18 heavy (non-hydrogen) atoms. The molecule has 1 aromatic carbocycles. The molecule has 4 rings (SSSR count). The first kappa shape index (κ1) is 9.85. The van der Waals surface area contributed by atoms with Crippen LogP contribution in [0.25, 0.3) is 17.1 Å². The fraction of sp³-hybridized carbons (Fsp3) is 0.0833. The van der Waals surface area contributed by atoms with Gasteiger partial charge in [-0.1, -0.05) is 11.6 Å². The molecule has 88 valence electrons. The van der Waals surface area contributed by atoms with Crippen molar-refractivity contribution in [2.24, 2.45) is 0 Å². The van der Waals surface area contributed by atoms with Crippen molar-refractivity contribution < 1.29 is 0 Å². The summed E-state index contributed by atoms with van der Waals surface area (Å²) in [6, 6.07) is 5.75. The summed E-state index contributed by atoms with van der Waals surface area (Å²) >= 11 is 6.09. The molecule has 0 N–H and O–H groups in total. The van der Waals surface area contributed by atoms with Crippen molar-refractivity contribution in [2.75, 3.05) is 0 Å². The Morgan fingerprint density at radius 3 is 3.17 bits per heavy atom. The SMILES string of the molecule is Clc1ccc2c(c1)-n1cncc1Cn1ncnc1-2. The number of aromatic nitrogens is 5. The first-order valence-corrected chi connectivity index (χ1v) is 5.90. The second-order valence-corrected chi connectivity index (χ2v) is 4.59. The van der Waals surface area contributed by atoms with Gasteiger partial charge in [-0.15, -0.1) is 0 Å². The lowest BCUT2D eigenvalue weighted by atomic mass is 10.1. The Morgan fingerprint density at radius 2 is 2.22 bits per heavy atom. The normalized spacial score (nSPS) is 12.5. The van der Waals surface area contributed by atoms with E-state index < -0.39 is 0 Å². The Bertz CT molecular complexity index is 743. The lowest BCUT2D eigenvalue weighted by Crippen LogP contribution is -2.03. The molecule has 0 radical (unpaired) electrons. The largest absolute Gasteiger partial charge is 0.301 e. The number of halogens is 1. The molecule has 0 aliphatic carbocycles. The average Bonchev–Trinajstić information content (AvgIpc) is 2.97. The quantitative estimate of drug-likeness (QED) is 0.485. The highest BCUT2D eigenvalue weighted by atomic mass is 35.5. The average molecular weight is 258 g/mol. The fourth-order valence-corrected chi connectivity index (χ4v) is 2.46. The fourth-order valence-electron chi connectivity index (χ4n) is 2.29. The van der Waals surface area contributed by atoms with Crippen LogP contribution < -0.4 is 0 Å². The van der Waals surface area contributed by atoms with Gasteiger partial charge in [-0.25, -0.2) is 14.6 Å². The predicted molar refractivity (Wildman–Crippen MR) is 66.7 cm³/mol. The predicted octanol–water partition coefficient (Wildman–Crippen LogP) is 2.15. The number of nitrogens with zero attached hydrogens (tertiary/aromatic N) is 5. The lowest BCUT2D eigenvalue weighted by Gasteiger charge is -2.08. The van der Waals surface area contributed by atoms with E-state index in [4.69, 9.17) is 11.6 Å². The number of imidazole rings is 1. The summed E-state index contributed by atoms with van der Waals surface area (Å²) in [5.41, 5.74) is 3.05. The minimum Gasteiger partial charge on any atom is -0.301 e. The highest BCUT2D eigenvalue weighted by Crippen LogP contribution is 2.31. The van der Waals surface area contributed by atoms with Gasteiger partial charge in [0.1, 0.15) is 6.33 Å². The van der Waals surface area contributed by atoms with Gasteiger partial charge in [0.25, 0.3) is 0 Å². The van der Waals surface area contributed by atoms with Gasteiger partial charge in [0, 0.05) is 10.6 Å². The maximum Gasteiger partial charge on any atom is 0.160 e. The number of rotatable bonds is 0. The number of benzene rings is 1. The van der Waals surface area contributed by atoms with Gasteiger partial charge in [-0.3, -0.25) is 0 Å². The first-order valence-electron chi connectivity index (χ1n) is 5.52. The molecule has 0 fully saturated rings. The van der Waals surface area contributed by atoms with E-state index in [1.807, 2.05) is 33.6 Å². The van der Waals surface area contributed by atoms with Crippen LogP contribution in [0.5, 0.6) is 0 Å². The van der Waals surface area contributed by atoms with Crippen molar-refractivity contribution in [3.05, 3.63) is 47.8 Å². The first-order chi connectivity index (χ1) is 8.83. The Balaban J connectivity index is 2.13. The van der Waals surface area contributed by atoms with Crippen molar-refractivity contribution >= 4 is 11.6 Å². The molecule has 3 aromatic rings. The van der Waals surface area contributed by atoms with Gasteiger partial charge < -0.3 is 4.57 Å². The third-order valence-corrected chi connectivity index (χ3v) is 3.34. The molecule has 6 heteroatoms. The van der Waals surface area contributed by atoms with Gasteiger partial charge in [0.2, 0.25) is 0 Å². The van der Waals surface area contributed by atoms with Gasteiger partial charge in [-0.05, 0) is 18.2 Å². The van der Waals surface area contributed by atoms with E-state index in [9.17, 15) is 0 Å². The van der Waals surface area contributed by atoms with Gasteiger partial charge in [-0.2, -0.15) is 5.10 Å². The minimum absolute atomic E-state index is 0.654. The van der Waals surface area contributed by atoms with Crippen LogP contribution in [0, 0.1) is 0 Å². The monoisotopic (exact) mass is 257 g/mol. The van der Waals surface area contributed by atoms with Gasteiger partial charge >= 0.3 is 0 Å². The highest BCUT2D eigenvalue weighted by molar-refractivity contribution is 6.30. The number of hydrogen-bond donors (Lipinski definition) is 0. The van der Waals surface area contributed by atoms with E-state index in [2.05, 4.69) is 15.1 Å². The van der Waals surface area contributed by atoms with Crippen LogP contribution in [0.4, 0.5) is 0 Å². The van der Waals surface area contributed by atoms with Crippen LogP contribution >= 0.6 is 11.6 Å². The summed E-state index contributed by atoms with van der Waals surface area (Å²) in [4.78, 5) is 8.52. The summed E-state index contributed by atoms with van der Waals surface area (Å²) in [5.74, 6) is 0.852. The van der Waals surface area contributed by atoms with Crippen LogP contribution in [-0.4, -0.2) is 24.3 Å². The molecule has 0 bridgehead atoms. The van der Waals surface area contributed by atoms with E-state index >= 15 is 0 Å². The Hall–Kier alpha value is -2.14. The molecule has 0 spiro atoms. The summed E-state index contributed by atoms with van der Waals surface area (Å²) in [6.07, 6.45) is 5.19. The molecule has 0 unspecified atom stereocenters. The third kappa shape index (κ3) is 1.25. The number of fused-ring (bicyclic) bond motifs is 5. The molecule has 0 saturated heterocycles.